The quantitative estimate of drug-likeness (QED) is 0.377. The van der Waals surface area contributed by atoms with E-state index in [1.807, 2.05) is 0 Å². The molecule has 0 radical (unpaired) electrons. The van der Waals surface area contributed by atoms with Crippen LogP contribution in [0.15, 0.2) is 24.3 Å². The molecule has 0 aliphatic rings. The van der Waals surface area contributed by atoms with E-state index in [9.17, 15) is 4.79 Å². The predicted octanol–water partition coefficient (Wildman–Crippen LogP) is -5.41. The molecule has 0 amide bonds. The van der Waals surface area contributed by atoms with E-state index in [0.29, 0.717) is 5.56 Å². The molecule has 3 N–H and O–H groups in total. The molecule has 14 heavy (non-hydrogen) atoms. The van der Waals surface area contributed by atoms with Crippen LogP contribution in [-0.4, -0.2) is 23.7 Å². The third kappa shape index (κ3) is 6.03. The summed E-state index contributed by atoms with van der Waals surface area (Å²) in [7, 11) is 1.31. The number of phenolic OH excluding ortho intramolecular Hbond substituents is 1. The summed E-state index contributed by atoms with van der Waals surface area (Å²) in [6.07, 6.45) is 0. The Morgan fingerprint density at radius 3 is 2.07 bits per heavy atom. The second kappa shape index (κ2) is 9.98. The molecule has 1 aromatic rings. The molecule has 0 spiro atoms. The van der Waals surface area contributed by atoms with Gasteiger partial charge in [-0.15, -0.1) is 0 Å². The normalized spacial score (nSPS) is 7.21. The second-order valence-electron chi connectivity index (χ2n) is 2.04. The van der Waals surface area contributed by atoms with Crippen LogP contribution in [-0.2, 0) is 4.74 Å². The van der Waals surface area contributed by atoms with E-state index >= 15 is 0 Å². The zero-order valence-electron chi connectivity index (χ0n) is 10.6. The van der Waals surface area contributed by atoms with Crippen molar-refractivity contribution in [3.05, 3.63) is 29.8 Å². The second-order valence-corrected chi connectivity index (χ2v) is 2.04. The maximum absolute atomic E-state index is 10.8. The van der Waals surface area contributed by atoms with Gasteiger partial charge in [-0.25, -0.2) is 4.79 Å². The predicted molar refractivity (Wildman–Crippen MR) is 45.3 cm³/mol. The molecule has 0 bridgehead atoms. The van der Waals surface area contributed by atoms with Gasteiger partial charge in [0, 0.05) is 0 Å². The van der Waals surface area contributed by atoms with Crippen molar-refractivity contribution < 1.29 is 82.1 Å². The molecule has 4 nitrogen and oxygen atoms in total. The molecule has 0 aliphatic heterocycles. The Balaban J connectivity index is -0.0000000807. The molecule has 0 unspecified atom stereocenters. The van der Waals surface area contributed by atoms with Crippen LogP contribution in [0.4, 0.5) is 0 Å². The number of esters is 1. The fourth-order valence-electron chi connectivity index (χ4n) is 0.715. The van der Waals surface area contributed by atoms with E-state index < -0.39 is 5.97 Å². The number of phenols is 1. The topological polar surface area (TPSA) is 78.0 Å². The number of hydrogen-bond donors (Lipinski definition) is 1. The Morgan fingerprint density at radius 2 is 1.71 bits per heavy atom. The van der Waals surface area contributed by atoms with Crippen molar-refractivity contribution in [3.8, 4) is 5.75 Å². The average molecular weight is 218 g/mol. The Morgan fingerprint density at radius 1 is 1.29 bits per heavy atom. The van der Waals surface area contributed by atoms with E-state index in [1.54, 1.807) is 0 Å². The number of carbonyl (C=O) groups is 1. The third-order valence-corrected chi connectivity index (χ3v) is 1.29. The van der Waals surface area contributed by atoms with Crippen molar-refractivity contribution in [3.63, 3.8) is 0 Å². The Hall–Kier alpha value is 0.450. The van der Waals surface area contributed by atoms with Crippen molar-refractivity contribution in [2.75, 3.05) is 7.11 Å². The van der Waals surface area contributed by atoms with Gasteiger partial charge in [0.2, 0.25) is 0 Å². The van der Waals surface area contributed by atoms with E-state index in [0.717, 1.165) is 0 Å². The van der Waals surface area contributed by atoms with Gasteiger partial charge in [0.15, 0.2) is 0 Å². The fraction of sp³-hybridized carbons (Fsp3) is 0.125. The van der Waals surface area contributed by atoms with Crippen LogP contribution in [0.25, 0.3) is 0 Å². The van der Waals surface area contributed by atoms with Crippen molar-refractivity contribution in [2.45, 2.75) is 0 Å². The van der Waals surface area contributed by atoms with Crippen molar-refractivity contribution in [2.24, 2.45) is 0 Å². The van der Waals surface area contributed by atoms with Gasteiger partial charge in [-0.3, -0.25) is 0 Å². The maximum atomic E-state index is 10.8. The first-order valence-corrected chi connectivity index (χ1v) is 3.11. The molecule has 0 aromatic heterocycles. The number of rotatable bonds is 1. The number of hydrogen-bond acceptors (Lipinski definition) is 3. The summed E-state index contributed by atoms with van der Waals surface area (Å²) in [4.78, 5) is 10.8. The molecule has 0 fully saturated rings. The smallest absolute Gasteiger partial charge is 1.00 e. The fourth-order valence-corrected chi connectivity index (χ4v) is 0.715. The minimum absolute atomic E-state index is 0. The molecule has 1 rings (SSSR count). The summed E-state index contributed by atoms with van der Waals surface area (Å²) in [5, 5.41) is 8.86. The summed E-state index contributed by atoms with van der Waals surface area (Å²) < 4.78 is 4.46. The molecule has 0 heterocycles. The van der Waals surface area contributed by atoms with E-state index in [1.165, 1.54) is 31.4 Å². The zero-order chi connectivity index (χ0) is 8.27. The number of carbonyl (C=O) groups excluding carboxylic acids is 1. The standard InChI is InChI=1S/C8H8O3.2Na.H2O.2H/c1-11-8(10)6-2-4-7(9)5-3-6;;;;;/h2-5,9H,1H3;;;1H2;;/q;2*+1;;2*-1. The van der Waals surface area contributed by atoms with Crippen LogP contribution in [0.3, 0.4) is 0 Å². The Kier molecular flexibility index (Phi) is 14.2. The van der Waals surface area contributed by atoms with Gasteiger partial charge in [0.05, 0.1) is 12.7 Å². The molecular formula is C8H12Na2O4. The third-order valence-electron chi connectivity index (χ3n) is 1.29. The first kappa shape index (κ1) is 19.9. The van der Waals surface area contributed by atoms with Crippen molar-refractivity contribution in [1.29, 1.82) is 0 Å². The van der Waals surface area contributed by atoms with E-state index in [-0.39, 0.29) is 73.2 Å². The molecule has 70 valence electrons. The Bertz CT molecular complexity index is 269. The minimum atomic E-state index is -0.398. The molecular weight excluding hydrogens is 206 g/mol. The van der Waals surface area contributed by atoms with Crippen LogP contribution < -0.4 is 59.1 Å². The summed E-state index contributed by atoms with van der Waals surface area (Å²) in [6, 6.07) is 5.88. The monoisotopic (exact) mass is 218 g/mol. The number of methoxy groups -OCH3 is 1. The van der Waals surface area contributed by atoms with Crippen LogP contribution >= 0.6 is 0 Å². The number of aromatic hydroxyl groups is 1. The largest absolute Gasteiger partial charge is 1.00 e. The van der Waals surface area contributed by atoms with Crippen LogP contribution in [0, 0.1) is 0 Å². The maximum Gasteiger partial charge on any atom is 1.00 e. The van der Waals surface area contributed by atoms with Gasteiger partial charge in [-0.1, -0.05) is 0 Å². The van der Waals surface area contributed by atoms with Crippen molar-refractivity contribution >= 4 is 5.97 Å². The Labute approximate surface area is 130 Å². The molecule has 0 saturated heterocycles. The number of ether oxygens (including phenoxy) is 1. The summed E-state index contributed by atoms with van der Waals surface area (Å²) in [6.45, 7) is 0. The van der Waals surface area contributed by atoms with E-state index in [2.05, 4.69) is 4.74 Å². The van der Waals surface area contributed by atoms with Crippen molar-refractivity contribution in [1.82, 2.24) is 0 Å². The molecule has 0 saturated carbocycles. The molecule has 0 atom stereocenters. The van der Waals surface area contributed by atoms with Gasteiger partial charge < -0.3 is 18.2 Å². The zero-order valence-corrected chi connectivity index (χ0v) is 12.6. The summed E-state index contributed by atoms with van der Waals surface area (Å²) in [5.41, 5.74) is 0.435. The molecule has 1 aromatic carbocycles. The van der Waals surface area contributed by atoms with Crippen LogP contribution in [0.1, 0.15) is 13.2 Å². The summed E-state index contributed by atoms with van der Waals surface area (Å²) >= 11 is 0. The van der Waals surface area contributed by atoms with E-state index in [4.69, 9.17) is 5.11 Å². The van der Waals surface area contributed by atoms with Gasteiger partial charge in [0.1, 0.15) is 5.75 Å². The van der Waals surface area contributed by atoms with Gasteiger partial charge in [-0.2, -0.15) is 0 Å². The summed E-state index contributed by atoms with van der Waals surface area (Å²) in [5.74, 6) is -0.261. The SMILES string of the molecule is COC(=O)c1ccc(O)cc1.O.[H-].[H-].[Na+].[Na+]. The van der Waals surface area contributed by atoms with Gasteiger partial charge in [0.25, 0.3) is 0 Å². The average Bonchev–Trinajstić information content (AvgIpc) is 2.05. The van der Waals surface area contributed by atoms with Gasteiger partial charge >= 0.3 is 65.1 Å². The first-order chi connectivity index (χ1) is 5.24. The van der Waals surface area contributed by atoms with Gasteiger partial charge in [-0.05, 0) is 24.3 Å². The molecule has 6 heteroatoms. The van der Waals surface area contributed by atoms with Crippen LogP contribution in [0.5, 0.6) is 5.75 Å². The van der Waals surface area contributed by atoms with Crippen LogP contribution in [0.2, 0.25) is 0 Å². The number of benzene rings is 1. The first-order valence-electron chi connectivity index (χ1n) is 3.11. The minimum Gasteiger partial charge on any atom is -1.00 e. The molecule has 0 aliphatic carbocycles.